The summed E-state index contributed by atoms with van der Waals surface area (Å²) in [6.45, 7) is 0. The van der Waals surface area contributed by atoms with E-state index in [0.29, 0.717) is 5.56 Å². The maximum Gasteiger partial charge on any atom is 0.416 e. The van der Waals surface area contributed by atoms with Crippen LogP contribution in [0.1, 0.15) is 22.8 Å². The largest absolute Gasteiger partial charge is 0.462 e. The Morgan fingerprint density at radius 3 is 2.40 bits per heavy atom. The van der Waals surface area contributed by atoms with Crippen LogP contribution in [0, 0.1) is 0 Å². The lowest BCUT2D eigenvalue weighted by molar-refractivity contribution is -0.137. The molecule has 3 rings (SSSR count). The molecule has 0 radical (unpaired) electrons. The maximum absolute atomic E-state index is 13.0. The molecule has 2 aromatic carbocycles. The number of halogens is 4. The fourth-order valence-corrected chi connectivity index (χ4v) is 2.91. The molecule has 2 aromatic rings. The maximum atomic E-state index is 13.0. The van der Waals surface area contributed by atoms with Crippen molar-refractivity contribution in [2.24, 2.45) is 0 Å². The van der Waals surface area contributed by atoms with Gasteiger partial charge in [0.05, 0.1) is 11.1 Å². The van der Waals surface area contributed by atoms with Crippen molar-refractivity contribution in [3.63, 3.8) is 0 Å². The normalized spacial score (nSPS) is 17.6. The number of benzene rings is 2. The second kappa shape index (κ2) is 6.44. The van der Waals surface area contributed by atoms with Crippen LogP contribution in [0.5, 0.6) is 0 Å². The third-order valence-electron chi connectivity index (χ3n) is 3.79. The van der Waals surface area contributed by atoms with E-state index in [1.165, 1.54) is 13.1 Å². The molecule has 3 nitrogen and oxygen atoms in total. The monoisotopic (exact) mass is 367 g/mol. The summed E-state index contributed by atoms with van der Waals surface area (Å²) in [6, 6.07) is 11.8. The zero-order valence-corrected chi connectivity index (χ0v) is 13.8. The molecule has 1 aliphatic rings. The number of nitrogens with one attached hydrogen (secondary N) is 1. The molecule has 7 heteroatoms. The van der Waals surface area contributed by atoms with E-state index < -0.39 is 23.6 Å². The van der Waals surface area contributed by atoms with Gasteiger partial charge in [-0.25, -0.2) is 0 Å². The highest BCUT2D eigenvalue weighted by Gasteiger charge is 2.38. The second-order valence-corrected chi connectivity index (χ2v) is 5.89. The number of alkyl halides is 3. The molecule has 0 saturated carbocycles. The SMILES string of the molecule is CNC1=C(c2cc(Cl)cc(C(F)(F)F)c2)C(=O)C(c2ccccc2)O1. The molecule has 25 heavy (non-hydrogen) atoms. The Bertz CT molecular complexity index is 847. The molecule has 1 heterocycles. The molecule has 1 N–H and O–H groups in total. The number of rotatable bonds is 3. The van der Waals surface area contributed by atoms with Crippen molar-refractivity contribution in [3.8, 4) is 0 Å². The van der Waals surface area contributed by atoms with Gasteiger partial charge in [-0.2, -0.15) is 13.2 Å². The third kappa shape index (κ3) is 3.35. The van der Waals surface area contributed by atoms with Crippen LogP contribution in [-0.4, -0.2) is 12.8 Å². The summed E-state index contributed by atoms with van der Waals surface area (Å²) in [7, 11) is 1.53. The zero-order valence-electron chi connectivity index (χ0n) is 13.0. The average molecular weight is 368 g/mol. The predicted octanol–water partition coefficient (Wildman–Crippen LogP) is 4.59. The minimum Gasteiger partial charge on any atom is -0.462 e. The summed E-state index contributed by atoms with van der Waals surface area (Å²) in [6.07, 6.45) is -5.48. The van der Waals surface area contributed by atoms with Crippen LogP contribution in [0.4, 0.5) is 13.2 Å². The topological polar surface area (TPSA) is 38.3 Å². The summed E-state index contributed by atoms with van der Waals surface area (Å²) in [4.78, 5) is 12.8. The van der Waals surface area contributed by atoms with Crippen LogP contribution in [0.2, 0.25) is 5.02 Å². The van der Waals surface area contributed by atoms with Gasteiger partial charge in [0, 0.05) is 17.6 Å². The van der Waals surface area contributed by atoms with Crippen molar-refractivity contribution < 1.29 is 22.7 Å². The van der Waals surface area contributed by atoms with E-state index >= 15 is 0 Å². The lowest BCUT2D eigenvalue weighted by atomic mass is 9.96. The lowest BCUT2D eigenvalue weighted by Crippen LogP contribution is -2.10. The van der Waals surface area contributed by atoms with Gasteiger partial charge in [-0.1, -0.05) is 41.9 Å². The van der Waals surface area contributed by atoms with Gasteiger partial charge in [0.1, 0.15) is 0 Å². The number of ether oxygens (including phenoxy) is 1. The fourth-order valence-electron chi connectivity index (χ4n) is 2.68. The first-order chi connectivity index (χ1) is 11.8. The quantitative estimate of drug-likeness (QED) is 0.862. The Labute approximate surface area is 147 Å². The molecular formula is C18H13ClF3NO2. The van der Waals surface area contributed by atoms with Crippen molar-refractivity contribution in [2.45, 2.75) is 12.3 Å². The minimum atomic E-state index is -4.57. The van der Waals surface area contributed by atoms with Crippen molar-refractivity contribution in [2.75, 3.05) is 7.05 Å². The number of hydrogen-bond donors (Lipinski definition) is 1. The smallest absolute Gasteiger partial charge is 0.416 e. The van der Waals surface area contributed by atoms with E-state index in [4.69, 9.17) is 16.3 Å². The van der Waals surface area contributed by atoms with E-state index in [2.05, 4.69) is 5.32 Å². The Hall–Kier alpha value is -2.47. The van der Waals surface area contributed by atoms with Crippen molar-refractivity contribution >= 4 is 23.0 Å². The van der Waals surface area contributed by atoms with Crippen LogP contribution >= 0.6 is 11.6 Å². The summed E-state index contributed by atoms with van der Waals surface area (Å²) in [5.74, 6) is -0.305. The summed E-state index contributed by atoms with van der Waals surface area (Å²) < 4.78 is 44.8. The molecule has 0 bridgehead atoms. The predicted molar refractivity (Wildman–Crippen MR) is 87.7 cm³/mol. The second-order valence-electron chi connectivity index (χ2n) is 5.45. The first-order valence-electron chi connectivity index (χ1n) is 7.37. The highest BCUT2D eigenvalue weighted by molar-refractivity contribution is 6.31. The zero-order chi connectivity index (χ0) is 18.2. The molecule has 0 saturated heterocycles. The van der Waals surface area contributed by atoms with E-state index in [1.54, 1.807) is 30.3 Å². The lowest BCUT2D eigenvalue weighted by Gasteiger charge is -2.11. The summed E-state index contributed by atoms with van der Waals surface area (Å²) >= 11 is 5.83. The van der Waals surface area contributed by atoms with Gasteiger partial charge < -0.3 is 10.1 Å². The van der Waals surface area contributed by atoms with Crippen LogP contribution < -0.4 is 5.32 Å². The number of Topliss-reactive ketones (excluding diaryl/α,β-unsaturated/α-hetero) is 1. The Kier molecular flexibility index (Phi) is 4.47. The molecule has 0 amide bonds. The number of carbonyl (C=O) groups excluding carboxylic acids is 1. The first-order valence-corrected chi connectivity index (χ1v) is 7.75. The van der Waals surface area contributed by atoms with Crippen LogP contribution in [-0.2, 0) is 15.7 Å². The van der Waals surface area contributed by atoms with Crippen molar-refractivity contribution in [3.05, 3.63) is 76.1 Å². The first kappa shape index (κ1) is 17.4. The van der Waals surface area contributed by atoms with Gasteiger partial charge >= 0.3 is 6.18 Å². The molecule has 1 unspecified atom stereocenters. The van der Waals surface area contributed by atoms with Crippen molar-refractivity contribution in [1.82, 2.24) is 5.32 Å². The van der Waals surface area contributed by atoms with Gasteiger partial charge in [0.2, 0.25) is 5.78 Å². The van der Waals surface area contributed by atoms with E-state index in [1.807, 2.05) is 0 Å². The Morgan fingerprint density at radius 1 is 1.12 bits per heavy atom. The van der Waals surface area contributed by atoms with Gasteiger partial charge in [0.25, 0.3) is 0 Å². The van der Waals surface area contributed by atoms with Gasteiger partial charge in [0.15, 0.2) is 12.0 Å². The van der Waals surface area contributed by atoms with Crippen molar-refractivity contribution in [1.29, 1.82) is 0 Å². The van der Waals surface area contributed by atoms with Gasteiger partial charge in [-0.3, -0.25) is 4.79 Å². The Balaban J connectivity index is 2.06. The van der Waals surface area contributed by atoms with E-state index in [-0.39, 0.29) is 22.0 Å². The molecule has 0 aliphatic carbocycles. The summed E-state index contributed by atoms with van der Waals surface area (Å²) in [5.41, 5.74) is -0.195. The number of ketones is 1. The molecule has 0 spiro atoms. The number of carbonyl (C=O) groups is 1. The standard InChI is InChI=1S/C18H13ClF3NO2/c1-23-17-14(11-7-12(18(20,21)22)9-13(19)8-11)15(24)16(25-17)10-5-3-2-4-6-10/h2-9,16,23H,1H3. The average Bonchev–Trinajstić information content (AvgIpc) is 2.91. The highest BCUT2D eigenvalue weighted by atomic mass is 35.5. The van der Waals surface area contributed by atoms with E-state index in [9.17, 15) is 18.0 Å². The molecule has 1 atom stereocenters. The van der Waals surface area contributed by atoms with Crippen LogP contribution in [0.25, 0.3) is 5.57 Å². The number of hydrogen-bond acceptors (Lipinski definition) is 3. The molecule has 0 fully saturated rings. The fraction of sp³-hybridized carbons (Fsp3) is 0.167. The van der Waals surface area contributed by atoms with E-state index in [0.717, 1.165) is 12.1 Å². The van der Waals surface area contributed by atoms with Crippen LogP contribution in [0.3, 0.4) is 0 Å². The Morgan fingerprint density at radius 2 is 1.80 bits per heavy atom. The molecule has 130 valence electrons. The molecule has 0 aromatic heterocycles. The van der Waals surface area contributed by atoms with Gasteiger partial charge in [-0.05, 0) is 23.8 Å². The summed E-state index contributed by atoms with van der Waals surface area (Å²) in [5, 5.41) is 2.62. The highest BCUT2D eigenvalue weighted by Crippen LogP contribution is 2.40. The third-order valence-corrected chi connectivity index (χ3v) is 4.01. The minimum absolute atomic E-state index is 0.0457. The van der Waals surface area contributed by atoms with Crippen LogP contribution in [0.15, 0.2) is 54.4 Å². The molecular weight excluding hydrogens is 355 g/mol. The molecule has 1 aliphatic heterocycles. The van der Waals surface area contributed by atoms with Gasteiger partial charge in [-0.15, -0.1) is 0 Å².